The van der Waals surface area contributed by atoms with Crippen LogP contribution in [0.1, 0.15) is 60.3 Å². The molecule has 1 unspecified atom stereocenters. The summed E-state index contributed by atoms with van der Waals surface area (Å²) in [5, 5.41) is 0. The van der Waals surface area contributed by atoms with Gasteiger partial charge in [-0.15, -0.1) is 0 Å². The zero-order valence-electron chi connectivity index (χ0n) is 20.7. The van der Waals surface area contributed by atoms with Gasteiger partial charge in [-0.25, -0.2) is 0 Å². The smallest absolute Gasteiger partial charge is 0.259 e. The molecule has 0 saturated carbocycles. The lowest BCUT2D eigenvalue weighted by molar-refractivity contribution is 0.0800. The number of carbonyl (C=O) groups excluding carboxylic acids is 1. The van der Waals surface area contributed by atoms with Gasteiger partial charge in [0.25, 0.3) is 5.91 Å². The molecule has 0 saturated heterocycles. The number of nitrogen functional groups attached to an aromatic ring is 1. The summed E-state index contributed by atoms with van der Waals surface area (Å²) in [6.07, 6.45) is 8.42. The third-order valence-electron chi connectivity index (χ3n) is 5.49. The molecule has 3 heteroatoms. The average Bonchev–Trinajstić information content (AvgIpc) is 3.15. The van der Waals surface area contributed by atoms with Crippen molar-refractivity contribution in [2.45, 2.75) is 40.2 Å². The number of hydrogen-bond donors (Lipinski definition) is 1. The fourth-order valence-electron chi connectivity index (χ4n) is 3.80. The second-order valence-electron chi connectivity index (χ2n) is 7.88. The van der Waals surface area contributed by atoms with E-state index in [1.54, 1.807) is 6.08 Å². The summed E-state index contributed by atoms with van der Waals surface area (Å²) in [4.78, 5) is 14.8. The van der Waals surface area contributed by atoms with Crippen LogP contribution in [0.5, 0.6) is 0 Å². The Hall–Kier alpha value is -3.85. The number of hydrogen-bond acceptors (Lipinski definition) is 2. The van der Waals surface area contributed by atoms with Crippen LogP contribution in [0.3, 0.4) is 0 Å². The van der Waals surface area contributed by atoms with Gasteiger partial charge in [0.1, 0.15) is 0 Å². The van der Waals surface area contributed by atoms with Gasteiger partial charge in [-0.1, -0.05) is 104 Å². The maximum absolute atomic E-state index is 12.9. The number of amides is 1. The molecule has 0 fully saturated rings. The Morgan fingerprint density at radius 1 is 0.971 bits per heavy atom. The molecule has 0 spiro atoms. The molecule has 0 aromatic heterocycles. The van der Waals surface area contributed by atoms with Crippen LogP contribution >= 0.6 is 0 Å². The van der Waals surface area contributed by atoms with Crippen molar-refractivity contribution in [2.75, 3.05) is 5.73 Å². The maximum atomic E-state index is 12.9. The van der Waals surface area contributed by atoms with Crippen molar-refractivity contribution < 1.29 is 4.79 Å². The minimum atomic E-state index is -0.0737. The van der Waals surface area contributed by atoms with Gasteiger partial charge in [-0.05, 0) is 56.5 Å². The quantitative estimate of drug-likeness (QED) is 0.323. The topological polar surface area (TPSA) is 46.3 Å². The third-order valence-corrected chi connectivity index (χ3v) is 5.49. The molecule has 3 aromatic carbocycles. The Labute approximate surface area is 204 Å². The molecule has 0 radical (unpaired) electrons. The van der Waals surface area contributed by atoms with Crippen molar-refractivity contribution in [1.82, 2.24) is 4.90 Å². The lowest BCUT2D eigenvalue weighted by Crippen LogP contribution is -2.27. The molecule has 4 rings (SSSR count). The van der Waals surface area contributed by atoms with Crippen molar-refractivity contribution in [3.05, 3.63) is 138 Å². The number of benzene rings is 3. The van der Waals surface area contributed by atoms with E-state index in [1.165, 1.54) is 5.56 Å². The van der Waals surface area contributed by atoms with E-state index >= 15 is 0 Å². The standard InChI is InChI=1S/C19H20N2O.C7H8.C5H8/c1-3-15(4-2)21-18(13-9-11-14(20)12-10-13)16-7-5-6-8-17(16)19(21)22;1-7-5-3-2-4-6-7;1-3-5-4-2/h3,5-12,18H,4,20H2,1-2H3;2-6H,1H3;3-5H,1H2,2H3/b15-3+;;. The molecule has 3 aromatic rings. The zero-order chi connectivity index (χ0) is 24.9. The fraction of sp³-hybridized carbons (Fsp3) is 0.194. The third kappa shape index (κ3) is 6.82. The molecule has 0 aliphatic carbocycles. The number of nitrogens with zero attached hydrogens (tertiary/aromatic N) is 1. The summed E-state index contributed by atoms with van der Waals surface area (Å²) < 4.78 is 0. The molecule has 1 amide bonds. The summed E-state index contributed by atoms with van der Waals surface area (Å²) in [5.41, 5.74) is 11.8. The minimum Gasteiger partial charge on any atom is -0.399 e. The Bertz CT molecular complexity index is 1110. The Balaban J connectivity index is 0.000000280. The van der Waals surface area contributed by atoms with Crippen LogP contribution in [0.2, 0.25) is 0 Å². The number of rotatable bonds is 4. The molecule has 34 heavy (non-hydrogen) atoms. The largest absolute Gasteiger partial charge is 0.399 e. The first kappa shape index (κ1) is 26.4. The minimum absolute atomic E-state index is 0.0737. The van der Waals surface area contributed by atoms with Crippen molar-refractivity contribution in [1.29, 1.82) is 0 Å². The van der Waals surface area contributed by atoms with Gasteiger partial charge in [0.15, 0.2) is 0 Å². The summed E-state index contributed by atoms with van der Waals surface area (Å²) in [5.74, 6) is 0.0763. The van der Waals surface area contributed by atoms with Crippen molar-refractivity contribution in [3.63, 3.8) is 0 Å². The number of aryl methyl sites for hydroxylation is 1. The zero-order valence-corrected chi connectivity index (χ0v) is 20.7. The first-order chi connectivity index (χ1) is 16.5. The van der Waals surface area contributed by atoms with E-state index in [0.29, 0.717) is 0 Å². The molecule has 1 aliphatic rings. The van der Waals surface area contributed by atoms with Crippen LogP contribution < -0.4 is 5.73 Å². The predicted molar refractivity (Wildman–Crippen MR) is 146 cm³/mol. The highest BCUT2D eigenvalue weighted by Crippen LogP contribution is 2.41. The van der Waals surface area contributed by atoms with Crippen molar-refractivity contribution in [3.8, 4) is 0 Å². The van der Waals surface area contributed by atoms with Gasteiger partial charge >= 0.3 is 0 Å². The van der Waals surface area contributed by atoms with Gasteiger partial charge < -0.3 is 10.6 Å². The van der Waals surface area contributed by atoms with Gasteiger partial charge in [0.2, 0.25) is 0 Å². The molecule has 1 heterocycles. The number of anilines is 1. The van der Waals surface area contributed by atoms with Crippen molar-refractivity contribution in [2.24, 2.45) is 0 Å². The Morgan fingerprint density at radius 2 is 1.59 bits per heavy atom. The van der Waals surface area contributed by atoms with Crippen LogP contribution in [-0.4, -0.2) is 10.8 Å². The first-order valence-electron chi connectivity index (χ1n) is 11.7. The normalized spacial score (nSPS) is 14.6. The monoisotopic (exact) mass is 452 g/mol. The highest BCUT2D eigenvalue weighted by atomic mass is 16.2. The van der Waals surface area contributed by atoms with Gasteiger partial charge in [0.05, 0.1) is 6.04 Å². The molecule has 1 atom stereocenters. The SMILES string of the molecule is C/C=C(\CC)N1C(=O)c2ccccc2C1c1ccc(N)cc1.C=CC=CC.Cc1ccccc1. The van der Waals surface area contributed by atoms with E-state index in [4.69, 9.17) is 5.73 Å². The molecule has 1 aliphatic heterocycles. The fourth-order valence-corrected chi connectivity index (χ4v) is 3.80. The van der Waals surface area contributed by atoms with E-state index < -0.39 is 0 Å². The number of allylic oxidation sites excluding steroid dienone is 5. The van der Waals surface area contributed by atoms with Crippen molar-refractivity contribution >= 4 is 11.6 Å². The highest BCUT2D eigenvalue weighted by Gasteiger charge is 2.38. The predicted octanol–water partition coefficient (Wildman–Crippen LogP) is 7.87. The molecule has 0 bridgehead atoms. The lowest BCUT2D eigenvalue weighted by Gasteiger charge is -2.28. The van der Waals surface area contributed by atoms with Crippen LogP contribution in [0.25, 0.3) is 0 Å². The summed E-state index contributed by atoms with van der Waals surface area (Å²) in [6, 6.07) is 25.8. The maximum Gasteiger partial charge on any atom is 0.259 e. The number of nitrogens with two attached hydrogens (primary N) is 1. The van der Waals surface area contributed by atoms with Crippen LogP contribution in [0, 0.1) is 6.92 Å². The summed E-state index contributed by atoms with van der Waals surface area (Å²) in [6.45, 7) is 11.6. The van der Waals surface area contributed by atoms with Crippen LogP contribution in [0.15, 0.2) is 115 Å². The van der Waals surface area contributed by atoms with Gasteiger partial charge in [-0.2, -0.15) is 0 Å². The molecular formula is C31H36N2O. The molecule has 3 nitrogen and oxygen atoms in total. The molecule has 176 valence electrons. The second kappa shape index (κ2) is 13.6. The summed E-state index contributed by atoms with van der Waals surface area (Å²) >= 11 is 0. The van der Waals surface area contributed by atoms with E-state index in [1.807, 2.05) is 104 Å². The van der Waals surface area contributed by atoms with Gasteiger partial charge in [-0.3, -0.25) is 4.79 Å². The summed E-state index contributed by atoms with van der Waals surface area (Å²) in [7, 11) is 0. The highest BCUT2D eigenvalue weighted by molar-refractivity contribution is 6.00. The average molecular weight is 453 g/mol. The van der Waals surface area contributed by atoms with E-state index in [0.717, 1.165) is 34.5 Å². The Morgan fingerprint density at radius 3 is 2.06 bits per heavy atom. The van der Waals surface area contributed by atoms with Crippen LogP contribution in [0.4, 0.5) is 5.69 Å². The lowest BCUT2D eigenvalue weighted by atomic mass is 9.97. The van der Waals surface area contributed by atoms with E-state index in [2.05, 4.69) is 32.6 Å². The molecular weight excluding hydrogens is 416 g/mol. The first-order valence-corrected chi connectivity index (χ1v) is 11.7. The van der Waals surface area contributed by atoms with E-state index in [-0.39, 0.29) is 11.9 Å². The molecule has 2 N–H and O–H groups in total. The second-order valence-corrected chi connectivity index (χ2v) is 7.88. The van der Waals surface area contributed by atoms with Gasteiger partial charge in [0, 0.05) is 16.9 Å². The van der Waals surface area contributed by atoms with Crippen LogP contribution in [-0.2, 0) is 0 Å². The number of fused-ring (bicyclic) bond motifs is 1. The Kier molecular flexibility index (Phi) is 10.6. The van der Waals surface area contributed by atoms with E-state index in [9.17, 15) is 4.79 Å². The number of carbonyl (C=O) groups is 1.